The molecule has 0 radical (unpaired) electrons. The molecule has 4 heterocycles. The first-order valence-electron chi connectivity index (χ1n) is 13.0. The number of fused-ring (bicyclic) bond motifs is 2. The summed E-state index contributed by atoms with van der Waals surface area (Å²) in [5.74, 6) is 3.60. The zero-order chi connectivity index (χ0) is 28.8. The number of likely N-dealkylation sites (N-methyl/N-ethyl adjacent to an activating group) is 1. The summed E-state index contributed by atoms with van der Waals surface area (Å²) in [5, 5.41) is 0.413. The molecule has 13 heteroatoms. The standard InChI is InChI=1S/C28H25ClF2N6O3S/c1-3-5-20(38)37-11-15(12-37)40-26-17-10-18(29)21(16-7-8-19(30)25-24(16)33-27(32)41-25)22(31)23(17)34-28(35-26)39-13-14-6-4-9-36(14)2/h7-8,10,14-15H,4,6,9,11-13H2,1-2H3,(H2,32,33). The van der Waals surface area contributed by atoms with E-state index in [0.29, 0.717) is 19.7 Å². The van der Waals surface area contributed by atoms with Gasteiger partial charge in [-0.05, 0) is 57.5 Å². The highest BCUT2D eigenvalue weighted by Crippen LogP contribution is 2.42. The number of nitrogens with two attached hydrogens (primary N) is 1. The molecule has 0 bridgehead atoms. The molecule has 212 valence electrons. The van der Waals surface area contributed by atoms with Crippen molar-refractivity contribution in [2.45, 2.75) is 31.9 Å². The minimum absolute atomic E-state index is 0.000788. The number of carbonyl (C=O) groups excluding carboxylic acids is 1. The Hall–Kier alpha value is -3.79. The summed E-state index contributed by atoms with van der Waals surface area (Å²) in [5.41, 5.74) is 6.25. The van der Waals surface area contributed by atoms with Crippen LogP contribution in [-0.4, -0.2) is 76.1 Å². The van der Waals surface area contributed by atoms with Crippen LogP contribution in [0.25, 0.3) is 32.2 Å². The number of likely N-dealkylation sites (tertiary alicyclic amines) is 2. The summed E-state index contributed by atoms with van der Waals surface area (Å²) in [6.45, 7) is 3.48. The first-order chi connectivity index (χ1) is 19.7. The number of ether oxygens (including phenoxy) is 2. The third kappa shape index (κ3) is 5.09. The number of amides is 1. The van der Waals surface area contributed by atoms with Gasteiger partial charge in [0.2, 0.25) is 5.88 Å². The predicted octanol–water partition coefficient (Wildman–Crippen LogP) is 4.51. The quantitative estimate of drug-likeness (QED) is 0.323. The van der Waals surface area contributed by atoms with Gasteiger partial charge in [-0.1, -0.05) is 28.9 Å². The Kier molecular flexibility index (Phi) is 7.27. The van der Waals surface area contributed by atoms with E-state index in [1.54, 1.807) is 11.8 Å². The second-order valence-electron chi connectivity index (χ2n) is 9.99. The van der Waals surface area contributed by atoms with E-state index in [0.717, 1.165) is 30.7 Å². The average molecular weight is 599 g/mol. The van der Waals surface area contributed by atoms with Crippen molar-refractivity contribution in [2.75, 3.05) is 39.0 Å². The molecule has 0 saturated carbocycles. The molecule has 2 aromatic heterocycles. The van der Waals surface area contributed by atoms with Gasteiger partial charge in [-0.3, -0.25) is 4.79 Å². The van der Waals surface area contributed by atoms with Gasteiger partial charge >= 0.3 is 6.01 Å². The maximum atomic E-state index is 16.4. The molecule has 0 spiro atoms. The Labute approximate surface area is 243 Å². The van der Waals surface area contributed by atoms with E-state index in [1.165, 1.54) is 18.2 Å². The van der Waals surface area contributed by atoms with E-state index in [-0.39, 0.29) is 72.3 Å². The monoisotopic (exact) mass is 598 g/mol. The molecule has 41 heavy (non-hydrogen) atoms. The fraction of sp³-hybridized carbons (Fsp3) is 0.357. The van der Waals surface area contributed by atoms with Gasteiger partial charge in [0, 0.05) is 17.2 Å². The van der Waals surface area contributed by atoms with E-state index in [2.05, 4.69) is 31.7 Å². The third-order valence-electron chi connectivity index (χ3n) is 7.33. The number of nitrogens with zero attached hydrogens (tertiary/aromatic N) is 5. The van der Waals surface area contributed by atoms with Gasteiger partial charge in [0.05, 0.1) is 33.7 Å². The first-order valence-corrected chi connectivity index (χ1v) is 14.2. The number of benzene rings is 2. The molecule has 2 fully saturated rings. The number of hydrogen-bond acceptors (Lipinski definition) is 9. The molecule has 2 aliphatic rings. The van der Waals surface area contributed by atoms with E-state index >= 15 is 4.39 Å². The van der Waals surface area contributed by atoms with Crippen LogP contribution in [-0.2, 0) is 4.79 Å². The van der Waals surface area contributed by atoms with Crippen molar-refractivity contribution in [3.05, 3.63) is 34.9 Å². The zero-order valence-electron chi connectivity index (χ0n) is 22.2. The van der Waals surface area contributed by atoms with E-state index in [4.69, 9.17) is 26.8 Å². The van der Waals surface area contributed by atoms with Crippen LogP contribution in [0.5, 0.6) is 11.9 Å². The molecule has 2 aromatic carbocycles. The SMILES string of the molecule is CC#CC(=O)N1CC(Oc2nc(OCC3CCCN3C)nc3c(F)c(-c4ccc(F)c5sc(N)nc45)c(Cl)cc23)C1. The highest BCUT2D eigenvalue weighted by atomic mass is 35.5. The summed E-state index contributed by atoms with van der Waals surface area (Å²) in [6.07, 6.45) is 1.63. The topological polar surface area (TPSA) is 107 Å². The normalized spacial score (nSPS) is 17.5. The molecule has 9 nitrogen and oxygen atoms in total. The van der Waals surface area contributed by atoms with E-state index in [9.17, 15) is 9.18 Å². The molecule has 2 aliphatic heterocycles. The Morgan fingerprint density at radius 3 is 2.78 bits per heavy atom. The van der Waals surface area contributed by atoms with Gasteiger partial charge in [-0.2, -0.15) is 9.97 Å². The highest BCUT2D eigenvalue weighted by molar-refractivity contribution is 7.22. The van der Waals surface area contributed by atoms with Crippen molar-refractivity contribution in [1.82, 2.24) is 24.8 Å². The lowest BCUT2D eigenvalue weighted by Gasteiger charge is -2.37. The molecular formula is C28H25ClF2N6O3S. The number of halogens is 3. The van der Waals surface area contributed by atoms with Gasteiger partial charge in [-0.15, -0.1) is 0 Å². The Balaban J connectivity index is 1.42. The predicted molar refractivity (Wildman–Crippen MR) is 153 cm³/mol. The second-order valence-corrected chi connectivity index (χ2v) is 11.4. The van der Waals surface area contributed by atoms with Crippen LogP contribution < -0.4 is 15.2 Å². The molecule has 1 amide bonds. The number of hydrogen-bond donors (Lipinski definition) is 1. The van der Waals surface area contributed by atoms with Crippen LogP contribution in [0.2, 0.25) is 5.02 Å². The minimum Gasteiger partial charge on any atom is -0.470 e. The largest absolute Gasteiger partial charge is 0.470 e. The first kappa shape index (κ1) is 27.4. The molecule has 0 aliphatic carbocycles. The van der Waals surface area contributed by atoms with Gasteiger partial charge in [-0.25, -0.2) is 13.8 Å². The van der Waals surface area contributed by atoms with Gasteiger partial charge in [0.1, 0.15) is 24.0 Å². The fourth-order valence-corrected chi connectivity index (χ4v) is 6.18. The van der Waals surface area contributed by atoms with Crippen LogP contribution in [0.15, 0.2) is 18.2 Å². The molecule has 1 unspecified atom stereocenters. The van der Waals surface area contributed by atoms with Crippen molar-refractivity contribution >= 4 is 55.1 Å². The summed E-state index contributed by atoms with van der Waals surface area (Å²) in [7, 11) is 2.02. The number of carbonyl (C=O) groups is 1. The second kappa shape index (κ2) is 10.9. The van der Waals surface area contributed by atoms with E-state index < -0.39 is 11.6 Å². The number of rotatable bonds is 6. The Bertz CT molecular complexity index is 1750. The van der Waals surface area contributed by atoms with Crippen molar-refractivity contribution < 1.29 is 23.0 Å². The molecule has 2 saturated heterocycles. The van der Waals surface area contributed by atoms with Gasteiger partial charge < -0.3 is 25.0 Å². The number of aromatic nitrogens is 3. The van der Waals surface area contributed by atoms with Crippen molar-refractivity contribution in [3.8, 4) is 34.9 Å². The molecule has 4 aromatic rings. The minimum atomic E-state index is -0.759. The fourth-order valence-electron chi connectivity index (χ4n) is 5.13. The van der Waals surface area contributed by atoms with Crippen molar-refractivity contribution in [1.29, 1.82) is 0 Å². The zero-order valence-corrected chi connectivity index (χ0v) is 23.8. The number of anilines is 1. The van der Waals surface area contributed by atoms with Crippen molar-refractivity contribution in [3.63, 3.8) is 0 Å². The average Bonchev–Trinajstić information content (AvgIpc) is 3.51. The van der Waals surface area contributed by atoms with Crippen molar-refractivity contribution in [2.24, 2.45) is 0 Å². The molecule has 6 rings (SSSR count). The maximum absolute atomic E-state index is 16.4. The summed E-state index contributed by atoms with van der Waals surface area (Å²) < 4.78 is 43.1. The van der Waals surface area contributed by atoms with Gasteiger partial charge in [0.15, 0.2) is 10.9 Å². The lowest BCUT2D eigenvalue weighted by atomic mass is 10.0. The van der Waals surface area contributed by atoms with Crippen LogP contribution >= 0.6 is 22.9 Å². The van der Waals surface area contributed by atoms with Crippen LogP contribution in [0.1, 0.15) is 19.8 Å². The lowest BCUT2D eigenvalue weighted by Crippen LogP contribution is -2.56. The molecule has 2 N–H and O–H groups in total. The van der Waals surface area contributed by atoms with Gasteiger partial charge in [0.25, 0.3) is 5.91 Å². The van der Waals surface area contributed by atoms with Crippen LogP contribution in [0.3, 0.4) is 0 Å². The Morgan fingerprint density at radius 2 is 2.05 bits per heavy atom. The maximum Gasteiger partial charge on any atom is 0.320 e. The summed E-state index contributed by atoms with van der Waals surface area (Å²) in [6, 6.07) is 4.28. The Morgan fingerprint density at radius 1 is 1.24 bits per heavy atom. The number of thiazole rings is 1. The molecule has 1 atom stereocenters. The highest BCUT2D eigenvalue weighted by Gasteiger charge is 2.33. The third-order valence-corrected chi connectivity index (χ3v) is 8.52. The summed E-state index contributed by atoms with van der Waals surface area (Å²) in [4.78, 5) is 28.9. The summed E-state index contributed by atoms with van der Waals surface area (Å²) >= 11 is 7.61. The number of nitrogen functional groups attached to an aromatic ring is 1. The van der Waals surface area contributed by atoms with E-state index in [1.807, 2.05) is 7.05 Å². The smallest absolute Gasteiger partial charge is 0.320 e. The molecular weight excluding hydrogens is 574 g/mol. The van der Waals surface area contributed by atoms with Crippen LogP contribution in [0.4, 0.5) is 13.9 Å². The lowest BCUT2D eigenvalue weighted by molar-refractivity contribution is -0.133. The van der Waals surface area contributed by atoms with Crippen LogP contribution in [0, 0.1) is 23.5 Å².